The molecule has 0 atom stereocenters. The molecule has 3 heterocycles. The lowest BCUT2D eigenvalue weighted by atomic mass is 10.1. The molecule has 0 saturated heterocycles. The van der Waals surface area contributed by atoms with Crippen molar-refractivity contribution in [3.8, 4) is 0 Å². The molecule has 0 aliphatic heterocycles. The van der Waals surface area contributed by atoms with Gasteiger partial charge in [0.1, 0.15) is 5.76 Å². The summed E-state index contributed by atoms with van der Waals surface area (Å²) >= 11 is 6.99. The highest BCUT2D eigenvalue weighted by molar-refractivity contribution is 7.71. The van der Waals surface area contributed by atoms with Gasteiger partial charge >= 0.3 is 0 Å². The van der Waals surface area contributed by atoms with Crippen LogP contribution in [0.15, 0.2) is 63.3 Å². The lowest BCUT2D eigenvalue weighted by Gasteiger charge is -2.21. The zero-order valence-electron chi connectivity index (χ0n) is 17.6. The maximum Gasteiger partial charge on any atom is 0.262 e. The predicted molar refractivity (Wildman–Crippen MR) is 126 cm³/mol. The molecule has 166 valence electrons. The minimum Gasteiger partial charge on any atom is -0.467 e. The number of hydrogen-bond acceptors (Lipinski definition) is 6. The number of thiophene rings is 1. The summed E-state index contributed by atoms with van der Waals surface area (Å²) < 4.78 is 12.4. The first kappa shape index (κ1) is 22.2. The summed E-state index contributed by atoms with van der Waals surface area (Å²) in [4.78, 5) is 32.2. The maximum atomic E-state index is 13.4. The second kappa shape index (κ2) is 10.1. The molecule has 3 aromatic heterocycles. The Balaban J connectivity index is 1.65. The summed E-state index contributed by atoms with van der Waals surface area (Å²) in [7, 11) is 1.62. The SMILES string of the molecule is COCCCn1c(=S)[nH]c2cc(C(=O)N(Cc3ccco3)Cc3cccs3)ccc2c1=O. The Kier molecular flexibility index (Phi) is 6.99. The number of rotatable bonds is 9. The van der Waals surface area contributed by atoms with Crippen molar-refractivity contribution in [2.24, 2.45) is 0 Å². The van der Waals surface area contributed by atoms with Gasteiger partial charge < -0.3 is 19.0 Å². The zero-order valence-corrected chi connectivity index (χ0v) is 19.2. The molecule has 7 nitrogen and oxygen atoms in total. The number of aromatic amines is 1. The Morgan fingerprint density at radius 1 is 1.25 bits per heavy atom. The molecule has 0 radical (unpaired) electrons. The smallest absolute Gasteiger partial charge is 0.262 e. The van der Waals surface area contributed by atoms with E-state index in [0.29, 0.717) is 59.7 Å². The Bertz CT molecular complexity index is 1270. The van der Waals surface area contributed by atoms with Crippen molar-refractivity contribution in [3.63, 3.8) is 0 Å². The van der Waals surface area contributed by atoms with Crippen molar-refractivity contribution in [3.05, 3.63) is 85.4 Å². The van der Waals surface area contributed by atoms with Crippen LogP contribution in [0.5, 0.6) is 0 Å². The van der Waals surface area contributed by atoms with E-state index in [1.165, 1.54) is 4.57 Å². The summed E-state index contributed by atoms with van der Waals surface area (Å²) in [6.45, 7) is 1.82. The van der Waals surface area contributed by atoms with Gasteiger partial charge in [0.2, 0.25) is 0 Å². The van der Waals surface area contributed by atoms with E-state index in [1.54, 1.807) is 53.9 Å². The lowest BCUT2D eigenvalue weighted by molar-refractivity contribution is 0.0719. The number of furan rings is 1. The van der Waals surface area contributed by atoms with Crippen molar-refractivity contribution in [1.82, 2.24) is 14.5 Å². The van der Waals surface area contributed by atoms with Gasteiger partial charge in [-0.2, -0.15) is 0 Å². The highest BCUT2D eigenvalue weighted by Gasteiger charge is 2.19. The molecule has 1 N–H and O–H groups in total. The number of fused-ring (bicyclic) bond motifs is 1. The lowest BCUT2D eigenvalue weighted by Crippen LogP contribution is -2.30. The van der Waals surface area contributed by atoms with Crippen LogP contribution < -0.4 is 5.56 Å². The van der Waals surface area contributed by atoms with Crippen LogP contribution in [0.25, 0.3) is 10.9 Å². The van der Waals surface area contributed by atoms with Gasteiger partial charge in [-0.3, -0.25) is 14.2 Å². The van der Waals surface area contributed by atoms with E-state index in [-0.39, 0.29) is 11.5 Å². The monoisotopic (exact) mass is 469 g/mol. The molecule has 0 aliphatic rings. The van der Waals surface area contributed by atoms with E-state index in [9.17, 15) is 9.59 Å². The normalized spacial score (nSPS) is 11.2. The van der Waals surface area contributed by atoms with Crippen LogP contribution >= 0.6 is 23.6 Å². The molecule has 1 aromatic carbocycles. The molecular formula is C23H23N3O4S2. The standard InChI is InChI=1S/C23H23N3O4S2/c1-29-10-4-9-26-22(28)19-8-7-16(13-20(19)24-23(26)31)21(27)25(14-17-5-2-11-30-17)15-18-6-3-12-32-18/h2-3,5-8,11-13H,4,9-10,14-15H2,1H3,(H,24,31). The number of nitrogens with one attached hydrogen (secondary N) is 1. The molecule has 32 heavy (non-hydrogen) atoms. The van der Waals surface area contributed by atoms with Crippen LogP contribution in [0, 0.1) is 4.77 Å². The highest BCUT2D eigenvalue weighted by Crippen LogP contribution is 2.19. The maximum absolute atomic E-state index is 13.4. The third kappa shape index (κ3) is 4.90. The van der Waals surface area contributed by atoms with E-state index in [2.05, 4.69) is 4.98 Å². The first-order chi connectivity index (χ1) is 15.6. The van der Waals surface area contributed by atoms with Gasteiger partial charge in [0, 0.05) is 30.7 Å². The molecule has 0 unspecified atom stereocenters. The Labute approximate surface area is 193 Å². The second-order valence-corrected chi connectivity index (χ2v) is 8.73. The number of ether oxygens (including phenoxy) is 1. The van der Waals surface area contributed by atoms with Crippen LogP contribution in [0.2, 0.25) is 0 Å². The molecule has 0 bridgehead atoms. The fraction of sp³-hybridized carbons (Fsp3) is 0.261. The van der Waals surface area contributed by atoms with Crippen LogP contribution in [-0.2, 0) is 24.4 Å². The third-order valence-corrected chi connectivity index (χ3v) is 6.28. The minimum atomic E-state index is -0.176. The number of benzene rings is 1. The largest absolute Gasteiger partial charge is 0.467 e. The van der Waals surface area contributed by atoms with E-state index in [1.807, 2.05) is 23.6 Å². The third-order valence-electron chi connectivity index (χ3n) is 5.10. The molecular weight excluding hydrogens is 446 g/mol. The molecule has 0 saturated carbocycles. The van der Waals surface area contributed by atoms with Crippen molar-refractivity contribution < 1.29 is 13.9 Å². The van der Waals surface area contributed by atoms with Crippen LogP contribution in [0.1, 0.15) is 27.4 Å². The molecule has 1 amide bonds. The van der Waals surface area contributed by atoms with E-state index < -0.39 is 0 Å². The first-order valence-electron chi connectivity index (χ1n) is 10.2. The fourth-order valence-electron chi connectivity index (χ4n) is 3.52. The van der Waals surface area contributed by atoms with Gasteiger partial charge in [0.15, 0.2) is 4.77 Å². The molecule has 9 heteroatoms. The topological polar surface area (TPSA) is 80.5 Å². The highest BCUT2D eigenvalue weighted by atomic mass is 32.1. The quantitative estimate of drug-likeness (QED) is 0.286. The Morgan fingerprint density at radius 3 is 2.84 bits per heavy atom. The van der Waals surface area contributed by atoms with Gasteiger partial charge in [-0.1, -0.05) is 6.07 Å². The molecule has 0 spiro atoms. The number of methoxy groups -OCH3 is 1. The Hall–Kier alpha value is -3.01. The number of carbonyl (C=O) groups excluding carboxylic acids is 1. The number of aromatic nitrogens is 2. The van der Waals surface area contributed by atoms with Crippen LogP contribution in [0.4, 0.5) is 0 Å². The second-order valence-electron chi connectivity index (χ2n) is 7.31. The summed E-state index contributed by atoms with van der Waals surface area (Å²) in [5.41, 5.74) is 0.843. The van der Waals surface area contributed by atoms with Crippen molar-refractivity contribution in [2.75, 3.05) is 13.7 Å². The van der Waals surface area contributed by atoms with Gasteiger partial charge in [-0.15, -0.1) is 11.3 Å². The van der Waals surface area contributed by atoms with Crippen LogP contribution in [-0.4, -0.2) is 34.1 Å². The fourth-order valence-corrected chi connectivity index (χ4v) is 4.52. The summed E-state index contributed by atoms with van der Waals surface area (Å²) in [6, 6.07) is 12.7. The van der Waals surface area contributed by atoms with Crippen molar-refractivity contribution in [1.29, 1.82) is 0 Å². The zero-order chi connectivity index (χ0) is 22.5. The summed E-state index contributed by atoms with van der Waals surface area (Å²) in [6.07, 6.45) is 2.28. The number of nitrogens with zero attached hydrogens (tertiary/aromatic N) is 2. The van der Waals surface area contributed by atoms with E-state index in [4.69, 9.17) is 21.4 Å². The average molecular weight is 470 g/mol. The molecule has 4 aromatic rings. The number of carbonyl (C=O) groups is 1. The summed E-state index contributed by atoms with van der Waals surface area (Å²) in [5.74, 6) is 0.550. The number of hydrogen-bond donors (Lipinski definition) is 1. The van der Waals surface area contributed by atoms with Crippen molar-refractivity contribution >= 4 is 40.4 Å². The average Bonchev–Trinajstić information content (AvgIpc) is 3.49. The van der Waals surface area contributed by atoms with Gasteiger partial charge in [-0.25, -0.2) is 0 Å². The summed E-state index contributed by atoms with van der Waals surface area (Å²) in [5, 5.41) is 2.47. The molecule has 0 fully saturated rings. The number of H-pyrrole nitrogens is 1. The van der Waals surface area contributed by atoms with E-state index >= 15 is 0 Å². The number of amides is 1. The van der Waals surface area contributed by atoms with Gasteiger partial charge in [-0.05, 0) is 60.4 Å². The van der Waals surface area contributed by atoms with Gasteiger partial charge in [0.25, 0.3) is 11.5 Å². The van der Waals surface area contributed by atoms with E-state index in [0.717, 1.165) is 4.88 Å². The molecule has 0 aliphatic carbocycles. The Morgan fingerprint density at radius 2 is 2.12 bits per heavy atom. The minimum absolute atomic E-state index is 0.153. The van der Waals surface area contributed by atoms with Crippen molar-refractivity contribution in [2.45, 2.75) is 26.1 Å². The van der Waals surface area contributed by atoms with Gasteiger partial charge in [0.05, 0.1) is 30.3 Å². The molecule has 4 rings (SSSR count). The van der Waals surface area contributed by atoms with Crippen LogP contribution in [0.3, 0.4) is 0 Å². The first-order valence-corrected chi connectivity index (χ1v) is 11.5. The predicted octanol–water partition coefficient (Wildman–Crippen LogP) is 4.59.